The molecule has 0 aliphatic heterocycles. The molecule has 0 radical (unpaired) electrons. The van der Waals surface area contributed by atoms with Gasteiger partial charge in [-0.3, -0.25) is 4.79 Å². The van der Waals surface area contributed by atoms with Gasteiger partial charge in [0.15, 0.2) is 5.78 Å². The van der Waals surface area contributed by atoms with E-state index in [1.165, 1.54) is 16.7 Å². The van der Waals surface area contributed by atoms with Gasteiger partial charge in [-0.1, -0.05) is 24.3 Å². The Morgan fingerprint density at radius 2 is 1.67 bits per heavy atom. The number of ketones is 1. The topological polar surface area (TPSA) is 17.1 Å². The minimum atomic E-state index is 0.268. The van der Waals surface area contributed by atoms with Crippen molar-refractivity contribution in [2.75, 3.05) is 0 Å². The summed E-state index contributed by atoms with van der Waals surface area (Å²) in [5.74, 6) is 0.268. The van der Waals surface area contributed by atoms with Gasteiger partial charge < -0.3 is 0 Å². The maximum atomic E-state index is 11.9. The van der Waals surface area contributed by atoms with Gasteiger partial charge in [0.2, 0.25) is 0 Å². The van der Waals surface area contributed by atoms with Crippen LogP contribution >= 0.6 is 11.3 Å². The molecular weight excluding hydrogens is 204 g/mol. The molecule has 0 saturated heterocycles. The lowest BCUT2D eigenvalue weighted by atomic mass is 10.0. The van der Waals surface area contributed by atoms with E-state index in [2.05, 4.69) is 18.2 Å². The smallest absolute Gasteiger partial charge is 0.177 e. The van der Waals surface area contributed by atoms with Gasteiger partial charge in [-0.05, 0) is 34.6 Å². The predicted molar refractivity (Wildman–Crippen MR) is 61.6 cm³/mol. The van der Waals surface area contributed by atoms with E-state index in [-0.39, 0.29) is 5.78 Å². The molecular formula is C13H10OS. The number of carbonyl (C=O) groups excluding carboxylic acids is 1. The third-order valence-corrected chi connectivity index (χ3v) is 3.85. The molecule has 0 unspecified atom stereocenters. The first-order chi connectivity index (χ1) is 7.34. The second kappa shape index (κ2) is 3.31. The maximum Gasteiger partial charge on any atom is 0.177 e. The number of benzene rings is 1. The van der Waals surface area contributed by atoms with Crippen LogP contribution in [0.4, 0.5) is 0 Å². The van der Waals surface area contributed by atoms with Gasteiger partial charge in [0.05, 0.1) is 4.88 Å². The van der Waals surface area contributed by atoms with Crippen LogP contribution in [0.25, 0.3) is 0 Å². The first-order valence-electron chi connectivity index (χ1n) is 5.01. The van der Waals surface area contributed by atoms with Crippen LogP contribution in [-0.4, -0.2) is 5.78 Å². The van der Waals surface area contributed by atoms with Crippen molar-refractivity contribution in [1.29, 1.82) is 0 Å². The molecule has 1 aliphatic carbocycles. The first-order valence-corrected chi connectivity index (χ1v) is 5.89. The van der Waals surface area contributed by atoms with Crippen LogP contribution in [0.1, 0.15) is 26.4 Å². The lowest BCUT2D eigenvalue weighted by Crippen LogP contribution is -2.00. The van der Waals surface area contributed by atoms with Crippen LogP contribution in [0.5, 0.6) is 0 Å². The fourth-order valence-electron chi connectivity index (χ4n) is 2.08. The van der Waals surface area contributed by atoms with E-state index in [1.807, 2.05) is 17.5 Å². The van der Waals surface area contributed by atoms with E-state index in [0.717, 1.165) is 11.3 Å². The van der Waals surface area contributed by atoms with Gasteiger partial charge in [-0.15, -0.1) is 11.3 Å². The third-order valence-electron chi connectivity index (χ3n) is 2.85. The largest absolute Gasteiger partial charge is 0.293 e. The summed E-state index contributed by atoms with van der Waals surface area (Å²) in [5, 5.41) is 2.01. The number of rotatable bonds is 0. The van der Waals surface area contributed by atoms with E-state index >= 15 is 0 Å². The molecule has 1 aromatic carbocycles. The molecule has 0 saturated carbocycles. The van der Waals surface area contributed by atoms with Crippen molar-refractivity contribution in [2.45, 2.75) is 12.8 Å². The molecule has 0 N–H and O–H groups in total. The highest BCUT2D eigenvalue weighted by Crippen LogP contribution is 2.27. The van der Waals surface area contributed by atoms with Gasteiger partial charge >= 0.3 is 0 Å². The lowest BCUT2D eigenvalue weighted by molar-refractivity contribution is 0.0997. The fraction of sp³-hybridized carbons (Fsp3) is 0.154. The molecule has 0 fully saturated rings. The number of Topliss-reactive ketones (excluding diaryl/α,β-unsaturated/α-hetero) is 1. The molecule has 0 atom stereocenters. The van der Waals surface area contributed by atoms with Crippen molar-refractivity contribution in [2.24, 2.45) is 0 Å². The van der Waals surface area contributed by atoms with Gasteiger partial charge in [0, 0.05) is 6.42 Å². The summed E-state index contributed by atoms with van der Waals surface area (Å²) in [5.41, 5.74) is 3.67. The molecule has 3 rings (SSSR count). The van der Waals surface area contributed by atoms with Crippen molar-refractivity contribution in [3.63, 3.8) is 0 Å². The molecule has 0 bridgehead atoms. The zero-order valence-electron chi connectivity index (χ0n) is 8.19. The van der Waals surface area contributed by atoms with Crippen LogP contribution < -0.4 is 0 Å². The van der Waals surface area contributed by atoms with Crippen molar-refractivity contribution in [3.8, 4) is 0 Å². The molecule has 74 valence electrons. The molecule has 1 aromatic heterocycles. The van der Waals surface area contributed by atoms with E-state index in [4.69, 9.17) is 0 Å². The molecule has 0 amide bonds. The Hall–Kier alpha value is -1.41. The van der Waals surface area contributed by atoms with Gasteiger partial charge in [0.1, 0.15) is 0 Å². The van der Waals surface area contributed by atoms with Crippen molar-refractivity contribution < 1.29 is 4.79 Å². The van der Waals surface area contributed by atoms with Crippen molar-refractivity contribution in [3.05, 3.63) is 57.3 Å². The Labute approximate surface area is 92.4 Å². The SMILES string of the molecule is O=C1Cc2ccccc2Cc2ccsc21. The zero-order chi connectivity index (χ0) is 10.3. The summed E-state index contributed by atoms with van der Waals surface area (Å²) in [4.78, 5) is 12.9. The van der Waals surface area contributed by atoms with Gasteiger partial charge in [-0.2, -0.15) is 0 Å². The molecule has 2 aromatic rings. The minimum absolute atomic E-state index is 0.268. The molecule has 2 heteroatoms. The number of hydrogen-bond acceptors (Lipinski definition) is 2. The summed E-state index contributed by atoms with van der Waals surface area (Å²) in [6.07, 6.45) is 1.46. The monoisotopic (exact) mass is 214 g/mol. The Morgan fingerprint density at radius 1 is 0.933 bits per heavy atom. The Kier molecular flexibility index (Phi) is 1.96. The highest BCUT2D eigenvalue weighted by atomic mass is 32.1. The van der Waals surface area contributed by atoms with E-state index < -0.39 is 0 Å². The summed E-state index contributed by atoms with van der Waals surface area (Å²) in [7, 11) is 0. The highest BCUT2D eigenvalue weighted by Gasteiger charge is 2.19. The maximum absolute atomic E-state index is 11.9. The van der Waals surface area contributed by atoms with Gasteiger partial charge in [0.25, 0.3) is 0 Å². The minimum Gasteiger partial charge on any atom is -0.293 e. The lowest BCUT2D eigenvalue weighted by Gasteiger charge is -2.02. The quantitative estimate of drug-likeness (QED) is 0.658. The van der Waals surface area contributed by atoms with Gasteiger partial charge in [-0.25, -0.2) is 0 Å². The normalized spacial score (nSPS) is 14.3. The van der Waals surface area contributed by atoms with Crippen LogP contribution in [0.3, 0.4) is 0 Å². The molecule has 0 spiro atoms. The Bertz CT molecular complexity index is 525. The van der Waals surface area contributed by atoms with E-state index in [9.17, 15) is 4.79 Å². The number of hydrogen-bond donors (Lipinski definition) is 0. The van der Waals surface area contributed by atoms with Crippen LogP contribution in [-0.2, 0) is 12.8 Å². The van der Waals surface area contributed by atoms with Crippen LogP contribution in [0, 0.1) is 0 Å². The second-order valence-corrected chi connectivity index (χ2v) is 4.74. The summed E-state index contributed by atoms with van der Waals surface area (Å²) in [6.45, 7) is 0. The third kappa shape index (κ3) is 1.41. The number of fused-ring (bicyclic) bond motifs is 2. The van der Waals surface area contributed by atoms with E-state index in [0.29, 0.717) is 6.42 Å². The predicted octanol–water partition coefficient (Wildman–Crippen LogP) is 3.08. The Morgan fingerprint density at radius 3 is 2.47 bits per heavy atom. The molecule has 1 heterocycles. The highest BCUT2D eigenvalue weighted by molar-refractivity contribution is 7.12. The molecule has 1 aliphatic rings. The second-order valence-electron chi connectivity index (χ2n) is 3.82. The standard InChI is InChI=1S/C13H10OS/c14-12-8-10-4-2-1-3-9(10)7-11-5-6-15-13(11)12/h1-6H,7-8H2. The van der Waals surface area contributed by atoms with E-state index in [1.54, 1.807) is 11.3 Å². The first kappa shape index (κ1) is 8.86. The summed E-state index contributed by atoms with van der Waals surface area (Å²) >= 11 is 1.57. The zero-order valence-corrected chi connectivity index (χ0v) is 9.01. The summed E-state index contributed by atoms with van der Waals surface area (Å²) in [6, 6.07) is 10.3. The molecule has 1 nitrogen and oxygen atoms in total. The van der Waals surface area contributed by atoms with Crippen LogP contribution in [0.15, 0.2) is 35.7 Å². The molecule has 15 heavy (non-hydrogen) atoms. The summed E-state index contributed by atoms with van der Waals surface area (Å²) < 4.78 is 0. The number of thiophene rings is 1. The fourth-order valence-corrected chi connectivity index (χ4v) is 2.94. The van der Waals surface area contributed by atoms with Crippen molar-refractivity contribution >= 4 is 17.1 Å². The average molecular weight is 214 g/mol. The van der Waals surface area contributed by atoms with Crippen LogP contribution in [0.2, 0.25) is 0 Å². The number of carbonyl (C=O) groups is 1. The average Bonchev–Trinajstić information content (AvgIpc) is 2.64. The Balaban J connectivity index is 2.18. The van der Waals surface area contributed by atoms with Crippen molar-refractivity contribution in [1.82, 2.24) is 0 Å².